The summed E-state index contributed by atoms with van der Waals surface area (Å²) in [7, 11) is 1.30. The summed E-state index contributed by atoms with van der Waals surface area (Å²) in [5, 5.41) is 10.5. The molecule has 3 rings (SSSR count). The predicted molar refractivity (Wildman–Crippen MR) is 111 cm³/mol. The van der Waals surface area contributed by atoms with Crippen molar-refractivity contribution in [2.45, 2.75) is 46.0 Å². The molecule has 0 unspecified atom stereocenters. The molecule has 0 amide bonds. The minimum atomic E-state index is -0.427. The number of allylic oxidation sites excluding steroid dienone is 2. The molecule has 0 saturated heterocycles. The Balaban J connectivity index is 1.79. The fourth-order valence-electron chi connectivity index (χ4n) is 3.62. The Hall–Kier alpha value is -2.96. The fourth-order valence-corrected chi connectivity index (χ4v) is 3.62. The first-order valence-electron chi connectivity index (χ1n) is 9.78. The molecular formula is C22H27N3O4. The Labute approximate surface area is 169 Å². The molecule has 1 fully saturated rings. The summed E-state index contributed by atoms with van der Waals surface area (Å²) in [5.41, 5.74) is 2.53. The second-order valence-electron chi connectivity index (χ2n) is 8.12. The number of aromatic nitrogens is 2. The van der Waals surface area contributed by atoms with Crippen LogP contribution in [0.3, 0.4) is 0 Å². The van der Waals surface area contributed by atoms with E-state index in [0.29, 0.717) is 31.5 Å². The van der Waals surface area contributed by atoms with E-state index >= 15 is 0 Å². The molecule has 0 radical (unpaired) electrons. The van der Waals surface area contributed by atoms with E-state index in [1.54, 1.807) is 0 Å². The zero-order valence-corrected chi connectivity index (χ0v) is 17.1. The number of para-hydroxylation sites is 2. The molecule has 0 spiro atoms. The lowest BCUT2D eigenvalue weighted by Gasteiger charge is -2.31. The Kier molecular flexibility index (Phi) is 6.15. The molecule has 1 heterocycles. The number of imidazole rings is 1. The van der Waals surface area contributed by atoms with E-state index in [2.05, 4.69) is 19.7 Å². The number of H-pyrrole nitrogens is 1. The van der Waals surface area contributed by atoms with Crippen molar-refractivity contribution >= 4 is 28.5 Å². The number of carbonyl (C=O) groups is 2. The number of aliphatic imine (C=N–C) groups is 1. The predicted octanol–water partition coefficient (Wildman–Crippen LogP) is 3.70. The number of methoxy groups -OCH3 is 1. The molecule has 1 aromatic carbocycles. The Morgan fingerprint density at radius 2 is 2.03 bits per heavy atom. The second-order valence-corrected chi connectivity index (χ2v) is 8.12. The fraction of sp³-hybridized carbons (Fsp3) is 0.455. The zero-order valence-electron chi connectivity index (χ0n) is 17.1. The standard InChI is InChI=1S/C22H27N3O4/c1-22(2)12-16(21(18(27)13-22)17(26)8-9-20(28)29-3)23-11-10-19-24-14-6-4-5-7-15(14)25-19/h4-7,26H,8-13H2,1-3H3,(H,24,25)/b21-17+,23-16?. The zero-order chi connectivity index (χ0) is 21.0. The maximum Gasteiger partial charge on any atom is 0.305 e. The van der Waals surface area contributed by atoms with Crippen LogP contribution in [0.15, 0.2) is 40.6 Å². The van der Waals surface area contributed by atoms with Gasteiger partial charge in [0, 0.05) is 31.5 Å². The van der Waals surface area contributed by atoms with Gasteiger partial charge in [-0.15, -0.1) is 0 Å². The maximum atomic E-state index is 12.7. The lowest BCUT2D eigenvalue weighted by Crippen LogP contribution is -2.33. The number of benzene rings is 1. The molecule has 0 bridgehead atoms. The average Bonchev–Trinajstić information content (AvgIpc) is 3.07. The molecule has 0 atom stereocenters. The van der Waals surface area contributed by atoms with E-state index in [4.69, 9.17) is 0 Å². The van der Waals surface area contributed by atoms with Crippen molar-refractivity contribution in [2.24, 2.45) is 10.4 Å². The number of rotatable bonds is 6. The van der Waals surface area contributed by atoms with E-state index in [1.807, 2.05) is 38.1 Å². The van der Waals surface area contributed by atoms with Gasteiger partial charge in [0.25, 0.3) is 0 Å². The molecule has 2 aromatic rings. The number of hydrogen-bond acceptors (Lipinski definition) is 6. The van der Waals surface area contributed by atoms with Crippen LogP contribution in [0.5, 0.6) is 0 Å². The summed E-state index contributed by atoms with van der Waals surface area (Å²) in [5.74, 6) is 0.186. The average molecular weight is 397 g/mol. The van der Waals surface area contributed by atoms with Crippen LogP contribution in [0.2, 0.25) is 0 Å². The van der Waals surface area contributed by atoms with Gasteiger partial charge in [-0.3, -0.25) is 14.6 Å². The van der Waals surface area contributed by atoms with Gasteiger partial charge in [-0.25, -0.2) is 4.98 Å². The van der Waals surface area contributed by atoms with Gasteiger partial charge < -0.3 is 14.8 Å². The molecular weight excluding hydrogens is 370 g/mol. The van der Waals surface area contributed by atoms with Crippen LogP contribution in [0.1, 0.15) is 45.4 Å². The van der Waals surface area contributed by atoms with Gasteiger partial charge in [0.2, 0.25) is 0 Å². The van der Waals surface area contributed by atoms with Crippen LogP contribution in [-0.2, 0) is 20.7 Å². The van der Waals surface area contributed by atoms with Crippen LogP contribution in [0, 0.1) is 5.41 Å². The molecule has 7 nitrogen and oxygen atoms in total. The number of fused-ring (bicyclic) bond motifs is 1. The van der Waals surface area contributed by atoms with Crippen molar-refractivity contribution < 1.29 is 19.4 Å². The quantitative estimate of drug-likeness (QED) is 0.439. The van der Waals surface area contributed by atoms with Crippen LogP contribution < -0.4 is 0 Å². The SMILES string of the molecule is COC(=O)CC/C(O)=C1\C(=O)CC(C)(C)CC1=NCCc1nc2ccccc2[nH]1. The number of hydrogen-bond donors (Lipinski definition) is 2. The number of carbonyl (C=O) groups excluding carboxylic acids is 2. The van der Waals surface area contributed by atoms with Crippen LogP contribution in [0.25, 0.3) is 11.0 Å². The highest BCUT2D eigenvalue weighted by Gasteiger charge is 2.36. The number of nitrogens with one attached hydrogen (secondary N) is 1. The lowest BCUT2D eigenvalue weighted by molar-refractivity contribution is -0.140. The second kappa shape index (κ2) is 8.59. The first-order chi connectivity index (χ1) is 13.8. The largest absolute Gasteiger partial charge is 0.511 e. The van der Waals surface area contributed by atoms with Crippen molar-refractivity contribution in [1.82, 2.24) is 9.97 Å². The lowest BCUT2D eigenvalue weighted by atomic mass is 9.73. The molecule has 1 aliphatic carbocycles. The van der Waals surface area contributed by atoms with Crippen molar-refractivity contribution in [3.63, 3.8) is 0 Å². The van der Waals surface area contributed by atoms with E-state index < -0.39 is 5.97 Å². The normalized spacial score (nSPS) is 19.6. The summed E-state index contributed by atoms with van der Waals surface area (Å²) >= 11 is 0. The van der Waals surface area contributed by atoms with E-state index in [-0.39, 0.29) is 35.4 Å². The summed E-state index contributed by atoms with van der Waals surface area (Å²) in [4.78, 5) is 36.5. The molecule has 29 heavy (non-hydrogen) atoms. The Morgan fingerprint density at radius 1 is 1.28 bits per heavy atom. The first kappa shape index (κ1) is 20.8. The van der Waals surface area contributed by atoms with Gasteiger partial charge in [-0.2, -0.15) is 0 Å². The third kappa shape index (κ3) is 5.10. The first-order valence-corrected chi connectivity index (χ1v) is 9.78. The van der Waals surface area contributed by atoms with Crippen molar-refractivity contribution in [1.29, 1.82) is 0 Å². The third-order valence-electron chi connectivity index (χ3n) is 5.02. The topological polar surface area (TPSA) is 105 Å². The molecule has 0 aliphatic heterocycles. The summed E-state index contributed by atoms with van der Waals surface area (Å²) in [6, 6.07) is 7.81. The molecule has 2 N–H and O–H groups in total. The highest BCUT2D eigenvalue weighted by molar-refractivity contribution is 6.24. The number of nitrogens with zero attached hydrogens (tertiary/aromatic N) is 2. The van der Waals surface area contributed by atoms with Gasteiger partial charge in [-0.05, 0) is 24.0 Å². The third-order valence-corrected chi connectivity index (χ3v) is 5.02. The number of aliphatic hydroxyl groups excluding tert-OH is 1. The van der Waals surface area contributed by atoms with E-state index in [9.17, 15) is 14.7 Å². The minimum Gasteiger partial charge on any atom is -0.511 e. The highest BCUT2D eigenvalue weighted by Crippen LogP contribution is 2.35. The molecule has 1 saturated carbocycles. The number of ketones is 1. The van der Waals surface area contributed by atoms with Crippen LogP contribution in [0.4, 0.5) is 0 Å². The summed E-state index contributed by atoms with van der Waals surface area (Å²) in [6.07, 6.45) is 1.62. The molecule has 1 aromatic heterocycles. The van der Waals surface area contributed by atoms with Gasteiger partial charge >= 0.3 is 5.97 Å². The van der Waals surface area contributed by atoms with Gasteiger partial charge in [-0.1, -0.05) is 26.0 Å². The number of Topliss-reactive ketones (excluding diaryl/α,β-unsaturated/α-hetero) is 1. The van der Waals surface area contributed by atoms with Gasteiger partial charge in [0.15, 0.2) is 5.78 Å². The Bertz CT molecular complexity index is 952. The number of esters is 1. The number of ether oxygens (including phenoxy) is 1. The van der Waals surface area contributed by atoms with Crippen molar-refractivity contribution in [2.75, 3.05) is 13.7 Å². The van der Waals surface area contributed by atoms with Gasteiger partial charge in [0.05, 0.1) is 30.1 Å². The molecule has 1 aliphatic rings. The smallest absolute Gasteiger partial charge is 0.305 e. The Morgan fingerprint density at radius 3 is 2.76 bits per heavy atom. The molecule has 7 heteroatoms. The summed E-state index contributed by atoms with van der Waals surface area (Å²) < 4.78 is 4.62. The van der Waals surface area contributed by atoms with E-state index in [0.717, 1.165) is 16.9 Å². The van der Waals surface area contributed by atoms with Crippen LogP contribution >= 0.6 is 0 Å². The molecule has 154 valence electrons. The monoisotopic (exact) mass is 397 g/mol. The highest BCUT2D eigenvalue weighted by atomic mass is 16.5. The van der Waals surface area contributed by atoms with Crippen molar-refractivity contribution in [3.8, 4) is 0 Å². The number of aliphatic hydroxyl groups is 1. The summed E-state index contributed by atoms with van der Waals surface area (Å²) in [6.45, 7) is 4.48. The maximum absolute atomic E-state index is 12.7. The van der Waals surface area contributed by atoms with Crippen molar-refractivity contribution in [3.05, 3.63) is 41.4 Å². The minimum absolute atomic E-state index is 0.0226. The number of aromatic amines is 1. The van der Waals surface area contributed by atoms with Crippen LogP contribution in [-0.4, -0.2) is 46.2 Å². The van der Waals surface area contributed by atoms with E-state index in [1.165, 1.54) is 7.11 Å². The van der Waals surface area contributed by atoms with Gasteiger partial charge in [0.1, 0.15) is 11.6 Å².